The average Bonchev–Trinajstić information content (AvgIpc) is 2.36. The maximum absolute atomic E-state index is 12.2. The Morgan fingerprint density at radius 2 is 2.05 bits per heavy atom. The molecule has 1 aromatic rings. The zero-order valence-corrected chi connectivity index (χ0v) is 12.5. The molecule has 6 heteroatoms. The van der Waals surface area contributed by atoms with Gasteiger partial charge in [-0.05, 0) is 24.5 Å². The lowest BCUT2D eigenvalue weighted by molar-refractivity contribution is -0.143. The number of amides is 1. The summed E-state index contributed by atoms with van der Waals surface area (Å²) in [6.07, 6.45) is 0.475. The van der Waals surface area contributed by atoms with Gasteiger partial charge in [0, 0.05) is 5.69 Å². The highest BCUT2D eigenvalue weighted by molar-refractivity contribution is 6.34. The van der Waals surface area contributed by atoms with Crippen molar-refractivity contribution in [2.75, 3.05) is 12.8 Å². The molecule has 0 saturated heterocycles. The van der Waals surface area contributed by atoms with Crippen molar-refractivity contribution in [3.63, 3.8) is 0 Å². The van der Waals surface area contributed by atoms with Crippen LogP contribution in [0.25, 0.3) is 0 Å². The molecule has 1 amide bonds. The molecule has 0 aromatic heterocycles. The molecule has 0 aliphatic rings. The summed E-state index contributed by atoms with van der Waals surface area (Å²) in [5.41, 5.74) is 6.19. The van der Waals surface area contributed by atoms with Gasteiger partial charge in [0.1, 0.15) is 6.04 Å². The number of anilines is 1. The predicted molar refractivity (Wildman–Crippen MR) is 78.6 cm³/mol. The van der Waals surface area contributed by atoms with Crippen LogP contribution in [-0.2, 0) is 9.53 Å². The van der Waals surface area contributed by atoms with E-state index >= 15 is 0 Å². The lowest BCUT2D eigenvalue weighted by Crippen LogP contribution is -2.42. The smallest absolute Gasteiger partial charge is 0.328 e. The first-order chi connectivity index (χ1) is 9.36. The number of nitrogens with one attached hydrogen (secondary N) is 1. The van der Waals surface area contributed by atoms with Gasteiger partial charge in [0.05, 0.1) is 17.7 Å². The molecule has 0 spiro atoms. The van der Waals surface area contributed by atoms with Gasteiger partial charge < -0.3 is 15.8 Å². The zero-order valence-electron chi connectivity index (χ0n) is 11.8. The monoisotopic (exact) mass is 298 g/mol. The quantitative estimate of drug-likeness (QED) is 0.645. The Morgan fingerprint density at radius 1 is 1.40 bits per heavy atom. The van der Waals surface area contributed by atoms with E-state index in [-0.39, 0.29) is 22.2 Å². The van der Waals surface area contributed by atoms with Crippen LogP contribution in [0.5, 0.6) is 0 Å². The number of methoxy groups -OCH3 is 1. The number of halogens is 1. The highest BCUT2D eigenvalue weighted by Crippen LogP contribution is 2.22. The fourth-order valence-electron chi connectivity index (χ4n) is 1.84. The fourth-order valence-corrected chi connectivity index (χ4v) is 2.11. The molecule has 0 heterocycles. The Balaban J connectivity index is 2.93. The molecule has 110 valence electrons. The van der Waals surface area contributed by atoms with Crippen molar-refractivity contribution < 1.29 is 14.3 Å². The maximum Gasteiger partial charge on any atom is 0.328 e. The van der Waals surface area contributed by atoms with Crippen LogP contribution >= 0.6 is 11.6 Å². The van der Waals surface area contributed by atoms with Crippen LogP contribution in [0.2, 0.25) is 5.02 Å². The Morgan fingerprint density at radius 3 is 2.55 bits per heavy atom. The van der Waals surface area contributed by atoms with Gasteiger partial charge in [0.25, 0.3) is 5.91 Å². The minimum Gasteiger partial charge on any atom is -0.467 e. The third kappa shape index (κ3) is 4.13. The highest BCUT2D eigenvalue weighted by Gasteiger charge is 2.24. The van der Waals surface area contributed by atoms with Crippen LogP contribution in [0.15, 0.2) is 18.2 Å². The minimum atomic E-state index is -0.719. The number of benzene rings is 1. The first-order valence-corrected chi connectivity index (χ1v) is 6.67. The molecule has 0 aliphatic carbocycles. The second-order valence-electron chi connectivity index (χ2n) is 4.88. The third-order valence-corrected chi connectivity index (χ3v) is 3.09. The van der Waals surface area contributed by atoms with Crippen LogP contribution in [0.3, 0.4) is 0 Å². The van der Waals surface area contributed by atoms with Gasteiger partial charge in [-0.3, -0.25) is 4.79 Å². The Hall–Kier alpha value is -1.75. The van der Waals surface area contributed by atoms with E-state index in [0.29, 0.717) is 6.42 Å². The molecule has 0 radical (unpaired) electrons. The number of hydrogen-bond donors (Lipinski definition) is 2. The molecular weight excluding hydrogens is 280 g/mol. The molecule has 1 atom stereocenters. The molecule has 1 rings (SSSR count). The van der Waals surface area contributed by atoms with E-state index in [1.807, 2.05) is 13.8 Å². The Labute approximate surface area is 123 Å². The van der Waals surface area contributed by atoms with E-state index in [1.54, 1.807) is 18.2 Å². The van der Waals surface area contributed by atoms with Crippen LogP contribution in [0, 0.1) is 5.92 Å². The second-order valence-corrected chi connectivity index (χ2v) is 5.29. The van der Waals surface area contributed by atoms with Gasteiger partial charge in [-0.2, -0.15) is 0 Å². The van der Waals surface area contributed by atoms with Crippen molar-refractivity contribution in [3.05, 3.63) is 28.8 Å². The first kappa shape index (κ1) is 16.3. The molecule has 0 aliphatic heterocycles. The van der Waals surface area contributed by atoms with Crippen molar-refractivity contribution in [3.8, 4) is 0 Å². The highest BCUT2D eigenvalue weighted by atomic mass is 35.5. The molecule has 0 saturated carbocycles. The molecule has 20 heavy (non-hydrogen) atoms. The molecule has 1 unspecified atom stereocenters. The van der Waals surface area contributed by atoms with Gasteiger partial charge in [-0.15, -0.1) is 0 Å². The summed E-state index contributed by atoms with van der Waals surface area (Å²) < 4.78 is 4.69. The molecule has 5 nitrogen and oxygen atoms in total. The summed E-state index contributed by atoms with van der Waals surface area (Å²) in [5.74, 6) is -0.746. The molecule has 3 N–H and O–H groups in total. The van der Waals surface area contributed by atoms with Gasteiger partial charge in [0.2, 0.25) is 0 Å². The van der Waals surface area contributed by atoms with Crippen LogP contribution in [0.4, 0.5) is 5.69 Å². The molecular formula is C14H19ClN2O3. The summed E-state index contributed by atoms with van der Waals surface area (Å²) >= 11 is 5.97. The van der Waals surface area contributed by atoms with E-state index in [4.69, 9.17) is 22.1 Å². The lowest BCUT2D eigenvalue weighted by Gasteiger charge is -2.19. The summed E-state index contributed by atoms with van der Waals surface area (Å²) in [5, 5.41) is 2.87. The third-order valence-electron chi connectivity index (χ3n) is 2.77. The van der Waals surface area contributed by atoms with Gasteiger partial charge in [-0.1, -0.05) is 31.5 Å². The summed E-state index contributed by atoms with van der Waals surface area (Å²) in [7, 11) is 1.28. The standard InChI is InChI=1S/C14H19ClN2O3/c1-8(2)7-11(14(19)20-3)17-13(18)12-9(15)5-4-6-10(12)16/h4-6,8,11H,7,16H2,1-3H3,(H,17,18). The first-order valence-electron chi connectivity index (χ1n) is 6.29. The van der Waals surface area contributed by atoms with Crippen molar-refractivity contribution in [1.82, 2.24) is 5.32 Å². The van der Waals surface area contributed by atoms with E-state index < -0.39 is 17.9 Å². The zero-order chi connectivity index (χ0) is 15.3. The SMILES string of the molecule is COC(=O)C(CC(C)C)NC(=O)c1c(N)cccc1Cl. The minimum absolute atomic E-state index is 0.173. The fraction of sp³-hybridized carbons (Fsp3) is 0.429. The number of hydrogen-bond acceptors (Lipinski definition) is 4. The van der Waals surface area contributed by atoms with Crippen molar-refractivity contribution in [2.24, 2.45) is 5.92 Å². The number of nitrogen functional groups attached to an aromatic ring is 1. The van der Waals surface area contributed by atoms with Crippen molar-refractivity contribution >= 4 is 29.2 Å². The number of nitrogens with two attached hydrogens (primary N) is 1. The van der Waals surface area contributed by atoms with Crippen LogP contribution in [-0.4, -0.2) is 25.0 Å². The topological polar surface area (TPSA) is 81.4 Å². The van der Waals surface area contributed by atoms with Crippen LogP contribution in [0.1, 0.15) is 30.6 Å². The van der Waals surface area contributed by atoms with Gasteiger partial charge >= 0.3 is 5.97 Å². The largest absolute Gasteiger partial charge is 0.467 e. The maximum atomic E-state index is 12.2. The van der Waals surface area contributed by atoms with Crippen LogP contribution < -0.4 is 11.1 Å². The van der Waals surface area contributed by atoms with E-state index in [0.717, 1.165) is 0 Å². The number of carbonyl (C=O) groups excluding carboxylic acids is 2. The Bertz CT molecular complexity index is 483. The summed E-state index contributed by atoms with van der Waals surface area (Å²) in [6, 6.07) is 4.09. The molecule has 0 fully saturated rings. The normalized spacial score (nSPS) is 12.1. The Kier molecular flexibility index (Phi) is 5.82. The molecule has 0 bridgehead atoms. The number of ether oxygens (including phenoxy) is 1. The number of esters is 1. The summed E-state index contributed by atoms with van der Waals surface area (Å²) in [4.78, 5) is 23.9. The average molecular weight is 299 g/mol. The number of carbonyl (C=O) groups is 2. The number of rotatable bonds is 5. The molecule has 1 aromatic carbocycles. The second kappa shape index (κ2) is 7.14. The van der Waals surface area contributed by atoms with Crippen molar-refractivity contribution in [1.29, 1.82) is 0 Å². The van der Waals surface area contributed by atoms with E-state index in [1.165, 1.54) is 7.11 Å². The van der Waals surface area contributed by atoms with Gasteiger partial charge in [0.15, 0.2) is 0 Å². The lowest BCUT2D eigenvalue weighted by atomic mass is 10.0. The summed E-state index contributed by atoms with van der Waals surface area (Å²) in [6.45, 7) is 3.90. The van der Waals surface area contributed by atoms with Crippen molar-refractivity contribution in [2.45, 2.75) is 26.3 Å². The van der Waals surface area contributed by atoms with Gasteiger partial charge in [-0.25, -0.2) is 4.79 Å². The predicted octanol–water partition coefficient (Wildman–Crippen LogP) is 2.24. The van der Waals surface area contributed by atoms with E-state index in [2.05, 4.69) is 5.32 Å². The van der Waals surface area contributed by atoms with E-state index in [9.17, 15) is 9.59 Å².